The number of hydrogen-bond acceptors (Lipinski definition) is 4. The van der Waals surface area contributed by atoms with Gasteiger partial charge in [-0.05, 0) is 61.2 Å². The number of nitrogens with zero attached hydrogens (tertiary/aromatic N) is 1. The van der Waals surface area contributed by atoms with Gasteiger partial charge >= 0.3 is 0 Å². The molecule has 188 valence electrons. The Labute approximate surface area is 220 Å². The average Bonchev–Trinajstić information content (AvgIpc) is 3.34. The summed E-state index contributed by atoms with van der Waals surface area (Å²) in [5.41, 5.74) is 2.96. The molecule has 1 heterocycles. The minimum atomic E-state index is -0.636. The average molecular weight is 551 g/mol. The summed E-state index contributed by atoms with van der Waals surface area (Å²) in [7, 11) is 0. The summed E-state index contributed by atoms with van der Waals surface area (Å²) in [6.45, 7) is 4.41. The van der Waals surface area contributed by atoms with Gasteiger partial charge in [0, 0.05) is 29.9 Å². The van der Waals surface area contributed by atoms with Crippen LogP contribution in [0.3, 0.4) is 0 Å². The first-order valence-corrected chi connectivity index (χ1v) is 12.9. The summed E-state index contributed by atoms with van der Waals surface area (Å²) >= 11 is 3.47. The fraction of sp³-hybridized carbons (Fsp3) is 0.310. The molecular formula is C29H31BrN2O4. The molecule has 1 atom stereocenters. The van der Waals surface area contributed by atoms with Crippen LogP contribution >= 0.6 is 15.9 Å². The number of carbonyl (C=O) groups excluding carboxylic acids is 2. The maximum Gasteiger partial charge on any atom is 0.243 e. The van der Waals surface area contributed by atoms with Gasteiger partial charge < -0.3 is 19.7 Å². The van der Waals surface area contributed by atoms with Gasteiger partial charge in [-0.15, -0.1) is 0 Å². The number of fused-ring (bicyclic) bond motifs is 1. The van der Waals surface area contributed by atoms with Crippen molar-refractivity contribution in [1.29, 1.82) is 0 Å². The van der Waals surface area contributed by atoms with E-state index >= 15 is 0 Å². The Morgan fingerprint density at radius 1 is 0.917 bits per heavy atom. The number of nitrogens with one attached hydrogen (secondary N) is 1. The smallest absolute Gasteiger partial charge is 0.243 e. The molecule has 1 aliphatic rings. The van der Waals surface area contributed by atoms with E-state index in [1.54, 1.807) is 4.90 Å². The second-order valence-electron chi connectivity index (χ2n) is 9.20. The van der Waals surface area contributed by atoms with Crippen LogP contribution in [0.15, 0.2) is 77.3 Å². The van der Waals surface area contributed by atoms with E-state index in [0.717, 1.165) is 26.9 Å². The van der Waals surface area contributed by atoms with E-state index < -0.39 is 6.04 Å². The summed E-state index contributed by atoms with van der Waals surface area (Å²) in [6, 6.07) is 22.8. The number of benzene rings is 3. The van der Waals surface area contributed by atoms with Gasteiger partial charge in [0.15, 0.2) is 11.5 Å². The van der Waals surface area contributed by atoms with Crippen LogP contribution in [-0.4, -0.2) is 35.6 Å². The molecule has 3 aromatic rings. The zero-order valence-corrected chi connectivity index (χ0v) is 22.2. The summed E-state index contributed by atoms with van der Waals surface area (Å²) in [4.78, 5) is 28.9. The molecule has 0 bridgehead atoms. The lowest BCUT2D eigenvalue weighted by molar-refractivity contribution is -0.141. The van der Waals surface area contributed by atoms with Gasteiger partial charge in [-0.25, -0.2) is 0 Å². The van der Waals surface area contributed by atoms with Gasteiger partial charge in [0.25, 0.3) is 0 Å². The van der Waals surface area contributed by atoms with Crippen molar-refractivity contribution in [2.24, 2.45) is 0 Å². The van der Waals surface area contributed by atoms with Gasteiger partial charge in [0.05, 0.1) is 0 Å². The minimum Gasteiger partial charge on any atom is -0.454 e. The normalized spacial score (nSPS) is 12.9. The molecule has 0 saturated carbocycles. The Kier molecular flexibility index (Phi) is 8.65. The Balaban J connectivity index is 1.59. The quantitative estimate of drug-likeness (QED) is 0.373. The van der Waals surface area contributed by atoms with Crippen LogP contribution in [0.4, 0.5) is 0 Å². The van der Waals surface area contributed by atoms with Gasteiger partial charge in [0.2, 0.25) is 18.6 Å². The van der Waals surface area contributed by atoms with Crippen molar-refractivity contribution in [3.05, 3.63) is 94.0 Å². The standard InChI is InChI=1S/C29H31BrN2O4/c1-20(2)31-29(34)25(16-21-6-4-3-5-7-21)32(18-23-8-12-24(30)13-9-23)28(33)15-11-22-10-14-26-27(17-22)36-19-35-26/h3-10,12-14,17,20,25H,11,15-16,18-19H2,1-2H3,(H,31,34)/t25-/m1/s1. The number of amides is 2. The summed E-state index contributed by atoms with van der Waals surface area (Å²) < 4.78 is 11.8. The first-order valence-electron chi connectivity index (χ1n) is 12.2. The maximum absolute atomic E-state index is 13.7. The summed E-state index contributed by atoms with van der Waals surface area (Å²) in [5.74, 6) is 1.19. The number of carbonyl (C=O) groups is 2. The number of aryl methyl sites for hydroxylation is 1. The molecule has 36 heavy (non-hydrogen) atoms. The van der Waals surface area contributed by atoms with Crippen molar-refractivity contribution in [2.75, 3.05) is 6.79 Å². The third-order valence-corrected chi connectivity index (χ3v) is 6.56. The molecule has 0 aliphatic carbocycles. The number of rotatable bonds is 10. The highest BCUT2D eigenvalue weighted by molar-refractivity contribution is 9.10. The van der Waals surface area contributed by atoms with E-state index in [9.17, 15) is 9.59 Å². The highest BCUT2D eigenvalue weighted by Gasteiger charge is 2.30. The van der Waals surface area contributed by atoms with Crippen molar-refractivity contribution in [2.45, 2.75) is 51.7 Å². The lowest BCUT2D eigenvalue weighted by atomic mass is 10.0. The number of halogens is 1. The molecule has 1 aliphatic heterocycles. The van der Waals surface area contributed by atoms with Crippen molar-refractivity contribution >= 4 is 27.7 Å². The molecule has 6 nitrogen and oxygen atoms in total. The lowest BCUT2D eigenvalue weighted by Crippen LogP contribution is -2.51. The number of hydrogen-bond donors (Lipinski definition) is 1. The Morgan fingerprint density at radius 3 is 2.33 bits per heavy atom. The highest BCUT2D eigenvalue weighted by Crippen LogP contribution is 2.33. The molecule has 4 rings (SSSR count). The van der Waals surface area contributed by atoms with Gasteiger partial charge in [0.1, 0.15) is 6.04 Å². The van der Waals surface area contributed by atoms with E-state index in [-0.39, 0.29) is 31.1 Å². The minimum absolute atomic E-state index is 0.0333. The predicted molar refractivity (Wildman–Crippen MR) is 143 cm³/mol. The molecule has 1 N–H and O–H groups in total. The first kappa shape index (κ1) is 25.8. The highest BCUT2D eigenvalue weighted by atomic mass is 79.9. The molecule has 2 amide bonds. The van der Waals surface area contributed by atoms with E-state index in [2.05, 4.69) is 21.2 Å². The fourth-order valence-electron chi connectivity index (χ4n) is 4.21. The van der Waals surface area contributed by atoms with Crippen LogP contribution in [0.25, 0.3) is 0 Å². The Morgan fingerprint density at radius 2 is 1.61 bits per heavy atom. The Bertz CT molecular complexity index is 1180. The molecule has 0 spiro atoms. The number of ether oxygens (including phenoxy) is 2. The maximum atomic E-state index is 13.7. The van der Waals surface area contributed by atoms with Crippen LogP contribution in [-0.2, 0) is 29.0 Å². The second kappa shape index (κ2) is 12.1. The monoisotopic (exact) mass is 550 g/mol. The SMILES string of the molecule is CC(C)NC(=O)[C@@H](Cc1ccccc1)N(Cc1ccc(Br)cc1)C(=O)CCc1ccc2c(c1)OCO2. The third-order valence-electron chi connectivity index (χ3n) is 6.03. The zero-order valence-electron chi connectivity index (χ0n) is 20.6. The molecule has 7 heteroatoms. The molecule has 0 aromatic heterocycles. The molecule has 0 fully saturated rings. The van der Waals surface area contributed by atoms with Gasteiger partial charge in [-0.1, -0.05) is 64.5 Å². The van der Waals surface area contributed by atoms with Crippen molar-refractivity contribution in [1.82, 2.24) is 10.2 Å². The van der Waals surface area contributed by atoms with Crippen LogP contribution in [0, 0.1) is 0 Å². The van der Waals surface area contributed by atoms with Crippen molar-refractivity contribution in [3.63, 3.8) is 0 Å². The largest absolute Gasteiger partial charge is 0.454 e. The molecular weight excluding hydrogens is 520 g/mol. The van der Waals surface area contributed by atoms with Gasteiger partial charge in [-0.2, -0.15) is 0 Å². The third kappa shape index (κ3) is 6.88. The topological polar surface area (TPSA) is 67.9 Å². The zero-order chi connectivity index (χ0) is 25.5. The van der Waals surface area contributed by atoms with Gasteiger partial charge in [-0.3, -0.25) is 9.59 Å². The first-order chi connectivity index (χ1) is 17.4. The lowest BCUT2D eigenvalue weighted by Gasteiger charge is -2.32. The summed E-state index contributed by atoms with van der Waals surface area (Å²) in [6.07, 6.45) is 1.25. The summed E-state index contributed by atoms with van der Waals surface area (Å²) in [5, 5.41) is 3.02. The van der Waals surface area contributed by atoms with Crippen molar-refractivity contribution < 1.29 is 19.1 Å². The molecule has 3 aromatic carbocycles. The molecule has 0 unspecified atom stereocenters. The van der Waals surface area contributed by atoms with E-state index in [1.807, 2.05) is 86.6 Å². The van der Waals surface area contributed by atoms with Crippen LogP contribution < -0.4 is 14.8 Å². The fourth-order valence-corrected chi connectivity index (χ4v) is 4.48. The van der Waals surface area contributed by atoms with Crippen LogP contribution in [0.1, 0.15) is 37.0 Å². The van der Waals surface area contributed by atoms with E-state index in [1.165, 1.54) is 0 Å². The second-order valence-corrected chi connectivity index (χ2v) is 10.1. The molecule has 0 radical (unpaired) electrons. The van der Waals surface area contributed by atoms with Crippen LogP contribution in [0.2, 0.25) is 0 Å². The Hall–Kier alpha value is -3.32. The van der Waals surface area contributed by atoms with E-state index in [0.29, 0.717) is 25.1 Å². The predicted octanol–water partition coefficient (Wildman–Crippen LogP) is 5.28. The molecule has 0 saturated heterocycles. The van der Waals surface area contributed by atoms with E-state index in [4.69, 9.17) is 9.47 Å². The van der Waals surface area contributed by atoms with Crippen molar-refractivity contribution in [3.8, 4) is 11.5 Å². The van der Waals surface area contributed by atoms with Crippen LogP contribution in [0.5, 0.6) is 11.5 Å².